The molecule has 486 valence electrons. The molecule has 6 aromatic carbocycles. The number of fused-ring (bicyclic) bond motifs is 24. The first-order valence-corrected chi connectivity index (χ1v) is 41.9. The van der Waals surface area contributed by atoms with Crippen LogP contribution in [0.25, 0.3) is 0 Å². The van der Waals surface area contributed by atoms with E-state index in [9.17, 15) is 0 Å². The van der Waals surface area contributed by atoms with Gasteiger partial charge in [0.25, 0.3) is 0 Å². The molecule has 21 rings (SSSR count). The van der Waals surface area contributed by atoms with Crippen LogP contribution < -0.4 is 64.7 Å². The largest absolute Gasteiger partial charge is 2.00 e. The Morgan fingerprint density at radius 3 is 0.727 bits per heavy atom. The number of hydrogen-bond acceptors (Lipinski definition) is 0. The minimum atomic E-state index is -0.825. The molecule has 3 aliphatic heterocycles. The quantitative estimate of drug-likeness (QED) is 0.0808. The Balaban J connectivity index is 0.000000127. The summed E-state index contributed by atoms with van der Waals surface area (Å²) < 4.78 is 0. The molecule has 6 atom stereocenters. The Labute approximate surface area is 678 Å². The van der Waals surface area contributed by atoms with Gasteiger partial charge in [-0.05, 0) is 73.0 Å². The normalized spacial score (nSPS) is 22.5. The van der Waals surface area contributed by atoms with Gasteiger partial charge in [0.2, 0.25) is 0 Å². The second-order valence-electron chi connectivity index (χ2n) is 28.7. The molecule has 0 saturated heterocycles. The van der Waals surface area contributed by atoms with Gasteiger partial charge in [-0.25, -0.2) is 0 Å². The molecular weight excluding hydrogens is 1650 g/mol. The van der Waals surface area contributed by atoms with Crippen molar-refractivity contribution in [1.29, 1.82) is 0 Å². The van der Waals surface area contributed by atoms with Crippen LogP contribution in [0.5, 0.6) is 0 Å². The molecule has 9 heteroatoms. The number of hydrogen-bond donors (Lipinski definition) is 0. The van der Waals surface area contributed by atoms with Crippen molar-refractivity contribution >= 4 is 37.7 Å². The Morgan fingerprint density at radius 2 is 0.495 bits per heavy atom. The van der Waals surface area contributed by atoms with Crippen molar-refractivity contribution in [1.82, 2.24) is 0 Å². The van der Waals surface area contributed by atoms with Gasteiger partial charge in [-0.1, -0.05) is 144 Å². The summed E-state index contributed by atoms with van der Waals surface area (Å²) in [5, 5.41) is 4.95. The van der Waals surface area contributed by atoms with E-state index in [4.69, 9.17) is 0 Å². The molecule has 0 amide bonds. The molecule has 0 spiro atoms. The summed E-state index contributed by atoms with van der Waals surface area (Å²) in [6.07, 6.45) is 77.4. The van der Waals surface area contributed by atoms with Crippen LogP contribution >= 0.6 is 21.8 Å². The van der Waals surface area contributed by atoms with Gasteiger partial charge in [0.1, 0.15) is 0 Å². The van der Waals surface area contributed by atoms with Crippen LogP contribution in [0.3, 0.4) is 0 Å². The molecule has 0 radical (unpaired) electrons. The van der Waals surface area contributed by atoms with E-state index in [1.807, 2.05) is 0 Å². The Morgan fingerprint density at radius 1 is 0.283 bits per heavy atom. The maximum Gasteiger partial charge on any atom is 2.00 e. The summed E-state index contributed by atoms with van der Waals surface area (Å²) in [6.45, 7) is 21.1. The number of rotatable bonds is 0. The van der Waals surface area contributed by atoms with E-state index in [-0.39, 0.29) is 127 Å². The van der Waals surface area contributed by atoms with Crippen molar-refractivity contribution in [2.75, 3.05) is 40.0 Å². The van der Waals surface area contributed by atoms with Crippen molar-refractivity contribution in [3.8, 4) is 0 Å². The van der Waals surface area contributed by atoms with E-state index in [1.54, 1.807) is 32.6 Å². The second-order valence-corrected chi connectivity index (χ2v) is 41.1. The van der Waals surface area contributed by atoms with Gasteiger partial charge in [0.05, 0.1) is 18.5 Å². The van der Waals surface area contributed by atoms with Crippen LogP contribution in [0.1, 0.15) is 136 Å². The summed E-state index contributed by atoms with van der Waals surface area (Å²) in [7, 11) is -2.47. The van der Waals surface area contributed by atoms with Gasteiger partial charge in [0, 0.05) is 77.7 Å². The predicted octanol–water partition coefficient (Wildman–Crippen LogP) is 11.1. The number of aryl methyl sites for hydroxylation is 3. The van der Waals surface area contributed by atoms with E-state index in [2.05, 4.69) is 334 Å². The van der Waals surface area contributed by atoms with Gasteiger partial charge >= 0.3 is 78.6 Å². The molecule has 0 aromatic heterocycles. The second kappa shape index (κ2) is 31.3. The molecular formula is C90H78Cl2IP3Zr3. The van der Waals surface area contributed by atoms with E-state index >= 15 is 0 Å². The Kier molecular flexibility index (Phi) is 24.5. The predicted molar refractivity (Wildman–Crippen MR) is 400 cm³/mol. The zero-order valence-electron chi connectivity index (χ0n) is 57.6. The molecule has 0 bridgehead atoms. The van der Waals surface area contributed by atoms with Crippen LogP contribution in [0.15, 0.2) is 270 Å². The van der Waals surface area contributed by atoms with Gasteiger partial charge in [0.15, 0.2) is 0 Å². The molecule has 3 heterocycles. The number of halogens is 3. The Hall–Kier alpha value is -4.11. The van der Waals surface area contributed by atoms with E-state index in [0.717, 1.165) is 0 Å². The average Bonchev–Trinajstić information content (AvgIpc) is 1.67. The Bertz CT molecular complexity index is 4390. The third-order valence-corrected chi connectivity index (χ3v) is 29.4. The zero-order valence-corrected chi connectivity index (χ0v) is 71.3. The third kappa shape index (κ3) is 14.6. The number of benzene rings is 6. The number of allylic oxidation sites excluding steroid dienone is 30. The van der Waals surface area contributed by atoms with Gasteiger partial charge in [-0.2, -0.15) is 0 Å². The maximum atomic E-state index is 3.66. The fourth-order valence-electron chi connectivity index (χ4n) is 16.5. The first kappa shape index (κ1) is 77.5. The van der Waals surface area contributed by atoms with E-state index < -0.39 is 21.8 Å². The van der Waals surface area contributed by atoms with Gasteiger partial charge in [-0.3, -0.25) is 0 Å². The summed E-state index contributed by atoms with van der Waals surface area (Å²) >= 11 is 0. The molecule has 15 aliphatic rings. The molecule has 0 saturated carbocycles. The first-order chi connectivity index (χ1) is 45.0. The topological polar surface area (TPSA) is 0 Å². The summed E-state index contributed by atoms with van der Waals surface area (Å²) in [5.74, 6) is 2.78. The van der Waals surface area contributed by atoms with Gasteiger partial charge in [-0.15, -0.1) is 246 Å². The minimum absolute atomic E-state index is 0. The van der Waals surface area contributed by atoms with Crippen molar-refractivity contribution < 1.29 is 127 Å². The monoisotopic (exact) mass is 1720 g/mol. The van der Waals surface area contributed by atoms with Crippen molar-refractivity contribution in [2.24, 2.45) is 0 Å². The van der Waals surface area contributed by atoms with Crippen LogP contribution in [0.4, 0.5) is 0 Å². The fraction of sp³-hybridized carbons (Fsp3) is 0.200. The van der Waals surface area contributed by atoms with Crippen molar-refractivity contribution in [2.45, 2.75) is 74.8 Å². The summed E-state index contributed by atoms with van der Waals surface area (Å²) in [4.78, 5) is 0. The zero-order chi connectivity index (χ0) is 63.5. The van der Waals surface area contributed by atoms with Crippen LogP contribution in [0.2, 0.25) is 0 Å². The van der Waals surface area contributed by atoms with Gasteiger partial charge < -0.3 is 48.8 Å². The molecule has 0 N–H and O–H groups in total. The maximum absolute atomic E-state index is 3.66. The SMILES string of the molecule is C[P+]1(C)Cc2ccc3c(c21)[C-]=C1C=CC=CC13.C[P+]1(C)Cc2ccc3c(c21)[C-]=C1C=CC=CC13.C[P+]1(C)Cc2ccc3c(c21)[C-]=C1C=CC=CC13.Cc1ccc2c(c1)[C-]=C1C=CC=CC12.Cc1ccc2c(c1)[C-]=C1C=CC=CC12.Cc1ccc2c(c1)[C-]=C1C=CC=CC12.[Cl-].[Cl-].[I-].[Zr+2].[Zr+2].[Zr+2]. The first-order valence-electron chi connectivity index (χ1n) is 33.3. The van der Waals surface area contributed by atoms with E-state index in [0.29, 0.717) is 35.5 Å². The minimum Gasteiger partial charge on any atom is -1.00 e. The standard InChI is InChI=1S/3C16H15P.3C14H11.2ClH.HI.3Zr/c3*1-17(2)10-12-7-8-14-13-6-4-3-5-11(13)9-15(14)16(12)17;3*1-10-6-7-14-12(8-10)9-11-4-2-3-5-13(11)14;;;;;;/h3*3-8,13H,10H2,1-2H3;3*2-8,13H,1H3;3*1H;;;/q;;;3*-1;;;;3*+2/p-3. The molecule has 12 aliphatic carbocycles. The van der Waals surface area contributed by atoms with Crippen LogP contribution in [-0.4, -0.2) is 40.0 Å². The average molecular weight is 1720 g/mol. The van der Waals surface area contributed by atoms with Crippen LogP contribution in [0, 0.1) is 57.2 Å². The molecule has 6 unspecified atom stereocenters. The summed E-state index contributed by atoms with van der Waals surface area (Å²) in [6, 6.07) is 33.8. The molecule has 99 heavy (non-hydrogen) atoms. The smallest absolute Gasteiger partial charge is 1.00 e. The third-order valence-electron chi connectivity index (χ3n) is 20.8. The fourth-order valence-corrected chi connectivity index (χ4v) is 24.6. The summed E-state index contributed by atoms with van der Waals surface area (Å²) in [5.41, 5.74) is 33.3. The molecule has 6 aromatic rings. The molecule has 0 fully saturated rings. The van der Waals surface area contributed by atoms with Crippen LogP contribution in [-0.2, 0) is 97.1 Å². The van der Waals surface area contributed by atoms with Crippen molar-refractivity contribution in [3.63, 3.8) is 0 Å². The molecule has 0 nitrogen and oxygen atoms in total. The van der Waals surface area contributed by atoms with Crippen molar-refractivity contribution in [3.05, 3.63) is 407 Å². The van der Waals surface area contributed by atoms with E-state index in [1.165, 1.54) is 135 Å².